The second-order valence-electron chi connectivity index (χ2n) is 2.93. The molecule has 2 heterocycles. The highest BCUT2D eigenvalue weighted by atomic mass is 32.2. The van der Waals surface area contributed by atoms with Gasteiger partial charge in [-0.05, 0) is 12.1 Å². The standard InChI is InChI=1S/C9H8N4O2S/c14-7-5-16-9(11-7)13-12-8(15)6-1-3-10-4-2-6/h1-4H,5H2,(H,12,15)(H,11,13,14). The van der Waals surface area contributed by atoms with Crippen LogP contribution in [0.2, 0.25) is 0 Å². The van der Waals surface area contributed by atoms with Crippen LogP contribution < -0.4 is 10.7 Å². The molecule has 0 unspecified atom stereocenters. The number of rotatable bonds is 2. The smallest absolute Gasteiger partial charge is 0.271 e. The number of nitrogens with zero attached hydrogens (tertiary/aromatic N) is 2. The summed E-state index contributed by atoms with van der Waals surface area (Å²) in [7, 11) is 0. The lowest BCUT2D eigenvalue weighted by molar-refractivity contribution is -0.116. The number of hydrazone groups is 1. The maximum absolute atomic E-state index is 11.5. The first kappa shape index (κ1) is 10.6. The van der Waals surface area contributed by atoms with Crippen LogP contribution >= 0.6 is 11.8 Å². The summed E-state index contributed by atoms with van der Waals surface area (Å²) < 4.78 is 0. The van der Waals surface area contributed by atoms with Gasteiger partial charge in [0.05, 0.1) is 5.75 Å². The largest absolute Gasteiger partial charge is 0.303 e. The van der Waals surface area contributed by atoms with Gasteiger partial charge in [0.1, 0.15) is 0 Å². The molecule has 6 nitrogen and oxygen atoms in total. The Morgan fingerprint density at radius 1 is 1.50 bits per heavy atom. The molecule has 0 bridgehead atoms. The summed E-state index contributed by atoms with van der Waals surface area (Å²) >= 11 is 1.25. The Kier molecular flexibility index (Phi) is 3.16. The first-order valence-corrected chi connectivity index (χ1v) is 5.45. The predicted octanol–water partition coefficient (Wildman–Crippen LogP) is -0.0546. The van der Waals surface area contributed by atoms with Crippen molar-refractivity contribution in [2.45, 2.75) is 0 Å². The van der Waals surface area contributed by atoms with Gasteiger partial charge in [-0.1, -0.05) is 11.8 Å². The van der Waals surface area contributed by atoms with Crippen molar-refractivity contribution < 1.29 is 9.59 Å². The second-order valence-corrected chi connectivity index (χ2v) is 3.89. The minimum absolute atomic E-state index is 0.109. The zero-order chi connectivity index (χ0) is 11.4. The van der Waals surface area contributed by atoms with Gasteiger partial charge in [0.2, 0.25) is 5.91 Å². The molecule has 0 saturated carbocycles. The monoisotopic (exact) mass is 236 g/mol. The minimum atomic E-state index is -0.336. The van der Waals surface area contributed by atoms with Gasteiger partial charge in [-0.3, -0.25) is 14.6 Å². The van der Waals surface area contributed by atoms with E-state index >= 15 is 0 Å². The number of carbonyl (C=O) groups is 2. The van der Waals surface area contributed by atoms with Crippen LogP contribution in [0.25, 0.3) is 0 Å². The second kappa shape index (κ2) is 4.75. The van der Waals surface area contributed by atoms with E-state index in [0.29, 0.717) is 16.5 Å². The van der Waals surface area contributed by atoms with Crippen LogP contribution in [-0.2, 0) is 4.79 Å². The average molecular weight is 236 g/mol. The van der Waals surface area contributed by atoms with Gasteiger partial charge < -0.3 is 5.32 Å². The molecule has 1 aromatic rings. The zero-order valence-electron chi connectivity index (χ0n) is 8.14. The van der Waals surface area contributed by atoms with Crippen molar-refractivity contribution in [2.75, 3.05) is 5.75 Å². The SMILES string of the molecule is O=C1CSC(=NNC(=O)c2ccncc2)N1. The van der Waals surface area contributed by atoms with Gasteiger partial charge in [-0.25, -0.2) is 5.43 Å². The van der Waals surface area contributed by atoms with Gasteiger partial charge in [-0.2, -0.15) is 0 Å². The minimum Gasteiger partial charge on any atom is -0.303 e. The van der Waals surface area contributed by atoms with Gasteiger partial charge in [0, 0.05) is 18.0 Å². The third-order valence-electron chi connectivity index (χ3n) is 1.79. The van der Waals surface area contributed by atoms with Crippen molar-refractivity contribution in [1.29, 1.82) is 0 Å². The average Bonchev–Trinajstić information content (AvgIpc) is 2.73. The summed E-state index contributed by atoms with van der Waals surface area (Å²) in [6, 6.07) is 3.16. The molecule has 1 aliphatic rings. The normalized spacial score (nSPS) is 17.2. The quantitative estimate of drug-likeness (QED) is 0.705. The number of amides is 2. The van der Waals surface area contributed by atoms with Gasteiger partial charge in [-0.15, -0.1) is 5.10 Å². The molecule has 1 aromatic heterocycles. The molecular formula is C9H8N4O2S. The van der Waals surface area contributed by atoms with Crippen LogP contribution in [0.4, 0.5) is 0 Å². The number of thioether (sulfide) groups is 1. The van der Waals surface area contributed by atoms with Crippen LogP contribution in [-0.4, -0.2) is 27.7 Å². The Bertz CT molecular complexity index is 446. The summed E-state index contributed by atoms with van der Waals surface area (Å²) in [5.74, 6) is -0.109. The van der Waals surface area contributed by atoms with E-state index in [4.69, 9.17) is 0 Å². The lowest BCUT2D eigenvalue weighted by Crippen LogP contribution is -2.25. The number of aromatic nitrogens is 1. The number of nitrogens with one attached hydrogen (secondary N) is 2. The van der Waals surface area contributed by atoms with Crippen LogP contribution in [0.3, 0.4) is 0 Å². The highest BCUT2D eigenvalue weighted by Gasteiger charge is 2.16. The van der Waals surface area contributed by atoms with E-state index in [0.717, 1.165) is 0 Å². The van der Waals surface area contributed by atoms with Crippen LogP contribution in [0.15, 0.2) is 29.6 Å². The maximum Gasteiger partial charge on any atom is 0.271 e. The van der Waals surface area contributed by atoms with Gasteiger partial charge >= 0.3 is 0 Å². The molecule has 2 N–H and O–H groups in total. The Balaban J connectivity index is 1.96. The van der Waals surface area contributed by atoms with Crippen molar-refractivity contribution >= 4 is 28.7 Å². The fourth-order valence-electron chi connectivity index (χ4n) is 1.05. The molecule has 1 fully saturated rings. The number of pyridine rings is 1. The Morgan fingerprint density at radius 3 is 2.88 bits per heavy atom. The Morgan fingerprint density at radius 2 is 2.25 bits per heavy atom. The fourth-order valence-corrected chi connectivity index (χ4v) is 1.69. The maximum atomic E-state index is 11.5. The van der Waals surface area contributed by atoms with Crippen LogP contribution in [0.5, 0.6) is 0 Å². The molecule has 0 spiro atoms. The first-order chi connectivity index (χ1) is 7.75. The topological polar surface area (TPSA) is 83.5 Å². The van der Waals surface area contributed by atoms with E-state index in [1.165, 1.54) is 24.2 Å². The van der Waals surface area contributed by atoms with E-state index in [1.807, 2.05) is 0 Å². The first-order valence-electron chi connectivity index (χ1n) is 4.46. The predicted molar refractivity (Wildman–Crippen MR) is 59.7 cm³/mol. The number of carbonyl (C=O) groups excluding carboxylic acids is 2. The summed E-state index contributed by atoms with van der Waals surface area (Å²) in [4.78, 5) is 26.1. The lowest BCUT2D eigenvalue weighted by Gasteiger charge is -1.99. The summed E-state index contributed by atoms with van der Waals surface area (Å²) in [5.41, 5.74) is 2.81. The van der Waals surface area contributed by atoms with Crippen molar-refractivity contribution in [3.8, 4) is 0 Å². The van der Waals surface area contributed by atoms with Crippen LogP contribution in [0.1, 0.15) is 10.4 Å². The number of hydrogen-bond donors (Lipinski definition) is 2. The lowest BCUT2D eigenvalue weighted by atomic mass is 10.3. The van der Waals surface area contributed by atoms with E-state index in [1.54, 1.807) is 12.1 Å². The summed E-state index contributed by atoms with van der Waals surface area (Å²) in [6.45, 7) is 0. The molecule has 2 rings (SSSR count). The highest BCUT2D eigenvalue weighted by Crippen LogP contribution is 2.07. The molecule has 7 heteroatoms. The Hall–Kier alpha value is -1.89. The molecular weight excluding hydrogens is 228 g/mol. The fraction of sp³-hybridized carbons (Fsp3) is 0.111. The number of hydrogen-bond acceptors (Lipinski definition) is 5. The third kappa shape index (κ3) is 2.57. The molecule has 1 saturated heterocycles. The third-order valence-corrected chi connectivity index (χ3v) is 2.66. The van der Waals surface area contributed by atoms with Gasteiger partial charge in [0.15, 0.2) is 5.17 Å². The molecule has 82 valence electrons. The van der Waals surface area contributed by atoms with Crippen molar-refractivity contribution in [3.05, 3.63) is 30.1 Å². The van der Waals surface area contributed by atoms with E-state index < -0.39 is 0 Å². The summed E-state index contributed by atoms with van der Waals surface area (Å²) in [5, 5.41) is 6.69. The highest BCUT2D eigenvalue weighted by molar-refractivity contribution is 8.15. The molecule has 1 aliphatic heterocycles. The number of amidine groups is 1. The van der Waals surface area contributed by atoms with Crippen molar-refractivity contribution in [2.24, 2.45) is 5.10 Å². The molecule has 0 aromatic carbocycles. The van der Waals surface area contributed by atoms with Crippen molar-refractivity contribution in [1.82, 2.24) is 15.7 Å². The van der Waals surface area contributed by atoms with E-state index in [-0.39, 0.29) is 11.8 Å². The zero-order valence-corrected chi connectivity index (χ0v) is 8.95. The molecule has 0 aliphatic carbocycles. The van der Waals surface area contributed by atoms with Gasteiger partial charge in [0.25, 0.3) is 5.91 Å². The van der Waals surface area contributed by atoms with Crippen LogP contribution in [0, 0.1) is 0 Å². The van der Waals surface area contributed by atoms with Crippen molar-refractivity contribution in [3.63, 3.8) is 0 Å². The molecule has 16 heavy (non-hydrogen) atoms. The molecule has 0 radical (unpaired) electrons. The summed E-state index contributed by atoms with van der Waals surface area (Å²) in [6.07, 6.45) is 3.04. The molecule has 0 atom stereocenters. The molecule has 2 amide bonds. The Labute approximate surface area is 95.5 Å². The van der Waals surface area contributed by atoms with E-state index in [2.05, 4.69) is 20.8 Å². The van der Waals surface area contributed by atoms with E-state index in [9.17, 15) is 9.59 Å².